The molecular formula is C17H27N5O2. The molecule has 0 aromatic carbocycles. The lowest BCUT2D eigenvalue weighted by atomic mass is 10.1. The molecule has 2 heterocycles. The van der Waals surface area contributed by atoms with E-state index in [9.17, 15) is 9.59 Å². The Kier molecular flexibility index (Phi) is 6.54. The molecule has 1 aliphatic rings. The van der Waals surface area contributed by atoms with Crippen LogP contribution in [0.4, 0.5) is 11.5 Å². The monoisotopic (exact) mass is 333 g/mol. The van der Waals surface area contributed by atoms with E-state index >= 15 is 0 Å². The van der Waals surface area contributed by atoms with Crippen LogP contribution in [0.2, 0.25) is 0 Å². The fraction of sp³-hybridized carbons (Fsp3) is 0.588. The fourth-order valence-electron chi connectivity index (χ4n) is 2.72. The number of aromatic nitrogens is 1. The zero-order valence-electron chi connectivity index (χ0n) is 14.8. The summed E-state index contributed by atoms with van der Waals surface area (Å²) in [6.07, 6.45) is 3.61. The van der Waals surface area contributed by atoms with Gasteiger partial charge in [0.2, 0.25) is 5.91 Å². The minimum absolute atomic E-state index is 0.0586. The first-order valence-electron chi connectivity index (χ1n) is 8.51. The summed E-state index contributed by atoms with van der Waals surface area (Å²) < 4.78 is 0. The predicted molar refractivity (Wildman–Crippen MR) is 95.5 cm³/mol. The number of unbranched alkanes of at least 4 members (excludes halogenated alkanes) is 1. The third-order valence-corrected chi connectivity index (χ3v) is 4.03. The molecule has 2 rings (SSSR count). The maximum atomic E-state index is 12.9. The molecule has 2 amide bonds. The van der Waals surface area contributed by atoms with Gasteiger partial charge in [0.25, 0.3) is 5.91 Å². The molecule has 0 spiro atoms. The van der Waals surface area contributed by atoms with Crippen molar-refractivity contribution in [2.45, 2.75) is 26.7 Å². The SMILES string of the molecule is CCCCN(C)C(=O)c1cc(NC(C)=O)cnc1N1CCNCC1. The van der Waals surface area contributed by atoms with Gasteiger partial charge in [-0.05, 0) is 12.5 Å². The Bertz CT molecular complexity index is 584. The van der Waals surface area contributed by atoms with Gasteiger partial charge in [-0.1, -0.05) is 13.3 Å². The maximum Gasteiger partial charge on any atom is 0.257 e. The van der Waals surface area contributed by atoms with Crippen molar-refractivity contribution < 1.29 is 9.59 Å². The Morgan fingerprint density at radius 1 is 1.38 bits per heavy atom. The second-order valence-electron chi connectivity index (χ2n) is 6.09. The van der Waals surface area contributed by atoms with Crippen molar-refractivity contribution in [1.82, 2.24) is 15.2 Å². The molecule has 132 valence electrons. The highest BCUT2D eigenvalue weighted by molar-refractivity contribution is 6.00. The normalized spacial score (nSPS) is 14.4. The third-order valence-electron chi connectivity index (χ3n) is 4.03. The van der Waals surface area contributed by atoms with Crippen molar-refractivity contribution >= 4 is 23.3 Å². The summed E-state index contributed by atoms with van der Waals surface area (Å²) >= 11 is 0. The van der Waals surface area contributed by atoms with E-state index in [0.29, 0.717) is 23.6 Å². The van der Waals surface area contributed by atoms with E-state index in [-0.39, 0.29) is 11.8 Å². The van der Waals surface area contributed by atoms with Gasteiger partial charge >= 0.3 is 0 Å². The molecule has 0 radical (unpaired) electrons. The summed E-state index contributed by atoms with van der Waals surface area (Å²) in [6.45, 7) is 7.61. The van der Waals surface area contributed by atoms with Gasteiger partial charge in [-0.2, -0.15) is 0 Å². The lowest BCUT2D eigenvalue weighted by molar-refractivity contribution is -0.114. The number of amides is 2. The van der Waals surface area contributed by atoms with Gasteiger partial charge in [0.1, 0.15) is 5.82 Å². The summed E-state index contributed by atoms with van der Waals surface area (Å²) in [5, 5.41) is 6.01. The zero-order valence-corrected chi connectivity index (χ0v) is 14.8. The number of rotatable bonds is 6. The molecule has 2 N–H and O–H groups in total. The van der Waals surface area contributed by atoms with E-state index in [2.05, 4.69) is 27.4 Å². The molecule has 0 aliphatic carbocycles. The van der Waals surface area contributed by atoms with Gasteiger partial charge in [0.15, 0.2) is 0 Å². The molecule has 1 aliphatic heterocycles. The van der Waals surface area contributed by atoms with Crippen LogP contribution < -0.4 is 15.5 Å². The van der Waals surface area contributed by atoms with E-state index in [4.69, 9.17) is 0 Å². The van der Waals surface area contributed by atoms with Crippen LogP contribution in [0, 0.1) is 0 Å². The van der Waals surface area contributed by atoms with E-state index in [1.807, 2.05) is 7.05 Å². The second kappa shape index (κ2) is 8.63. The average Bonchev–Trinajstić information content (AvgIpc) is 2.59. The minimum Gasteiger partial charge on any atom is -0.353 e. The Balaban J connectivity index is 2.31. The summed E-state index contributed by atoms with van der Waals surface area (Å²) in [4.78, 5) is 32.5. The Morgan fingerprint density at radius 3 is 2.71 bits per heavy atom. The van der Waals surface area contributed by atoms with Crippen LogP contribution in [0.15, 0.2) is 12.3 Å². The molecule has 1 aromatic rings. The molecule has 0 saturated carbocycles. The largest absolute Gasteiger partial charge is 0.353 e. The van der Waals surface area contributed by atoms with Crippen LogP contribution in [-0.2, 0) is 4.79 Å². The van der Waals surface area contributed by atoms with E-state index in [1.54, 1.807) is 17.2 Å². The number of hydrogen-bond donors (Lipinski definition) is 2. The quantitative estimate of drug-likeness (QED) is 0.821. The van der Waals surface area contributed by atoms with E-state index in [1.165, 1.54) is 6.92 Å². The standard InChI is InChI=1S/C17H27N5O2/c1-4-5-8-21(3)17(24)15-11-14(20-13(2)23)12-19-16(15)22-9-6-18-7-10-22/h11-12,18H,4-10H2,1-3H3,(H,20,23). The van der Waals surface area contributed by atoms with E-state index in [0.717, 1.165) is 39.0 Å². The second-order valence-corrected chi connectivity index (χ2v) is 6.09. The highest BCUT2D eigenvalue weighted by Gasteiger charge is 2.22. The molecule has 1 aromatic heterocycles. The first-order valence-corrected chi connectivity index (χ1v) is 8.51. The van der Waals surface area contributed by atoms with Gasteiger partial charge in [-0.15, -0.1) is 0 Å². The number of carbonyl (C=O) groups excluding carboxylic acids is 2. The highest BCUT2D eigenvalue weighted by atomic mass is 16.2. The van der Waals surface area contributed by atoms with Crippen LogP contribution in [0.25, 0.3) is 0 Å². The van der Waals surface area contributed by atoms with Crippen LogP contribution in [0.5, 0.6) is 0 Å². The highest BCUT2D eigenvalue weighted by Crippen LogP contribution is 2.23. The fourth-order valence-corrected chi connectivity index (χ4v) is 2.72. The summed E-state index contributed by atoms with van der Waals surface area (Å²) in [5.74, 6) is 0.458. The number of nitrogens with zero attached hydrogens (tertiary/aromatic N) is 3. The summed E-state index contributed by atoms with van der Waals surface area (Å²) in [6, 6.07) is 1.73. The first-order chi connectivity index (χ1) is 11.5. The van der Waals surface area contributed by atoms with Gasteiger partial charge < -0.3 is 20.4 Å². The smallest absolute Gasteiger partial charge is 0.257 e. The molecule has 1 fully saturated rings. The van der Waals surface area contributed by atoms with Crippen molar-refractivity contribution in [2.75, 3.05) is 50.0 Å². The molecular weight excluding hydrogens is 306 g/mol. The molecule has 0 atom stereocenters. The Hall–Kier alpha value is -2.15. The van der Waals surface area contributed by atoms with Gasteiger partial charge in [-0.25, -0.2) is 4.98 Å². The van der Waals surface area contributed by atoms with Crippen molar-refractivity contribution in [3.05, 3.63) is 17.8 Å². The van der Waals surface area contributed by atoms with Crippen LogP contribution in [0.3, 0.4) is 0 Å². The number of anilines is 2. The van der Waals surface area contributed by atoms with Crippen molar-refractivity contribution in [3.8, 4) is 0 Å². The molecule has 0 unspecified atom stereocenters. The third kappa shape index (κ3) is 4.67. The van der Waals surface area contributed by atoms with Crippen molar-refractivity contribution in [3.63, 3.8) is 0 Å². The van der Waals surface area contributed by atoms with Crippen LogP contribution >= 0.6 is 0 Å². The van der Waals surface area contributed by atoms with Crippen LogP contribution in [-0.4, -0.2) is 61.5 Å². The number of pyridine rings is 1. The minimum atomic E-state index is -0.176. The summed E-state index contributed by atoms with van der Waals surface area (Å²) in [7, 11) is 1.81. The van der Waals surface area contributed by atoms with Gasteiger partial charge in [0, 0.05) is 46.7 Å². The average molecular weight is 333 g/mol. The van der Waals surface area contributed by atoms with Crippen molar-refractivity contribution in [1.29, 1.82) is 0 Å². The topological polar surface area (TPSA) is 77.6 Å². The molecule has 7 nitrogen and oxygen atoms in total. The maximum absolute atomic E-state index is 12.9. The van der Waals surface area contributed by atoms with E-state index < -0.39 is 0 Å². The zero-order chi connectivity index (χ0) is 17.5. The molecule has 0 bridgehead atoms. The first kappa shape index (κ1) is 18.2. The Labute approximate surface area is 143 Å². The van der Waals surface area contributed by atoms with Crippen LogP contribution in [0.1, 0.15) is 37.0 Å². The number of piperazine rings is 1. The summed E-state index contributed by atoms with van der Waals surface area (Å²) in [5.41, 5.74) is 1.09. The van der Waals surface area contributed by atoms with Gasteiger partial charge in [-0.3, -0.25) is 9.59 Å². The molecule has 1 saturated heterocycles. The van der Waals surface area contributed by atoms with Crippen molar-refractivity contribution in [2.24, 2.45) is 0 Å². The number of hydrogen-bond acceptors (Lipinski definition) is 5. The number of carbonyl (C=O) groups is 2. The molecule has 7 heteroatoms. The predicted octanol–water partition coefficient (Wildman–Crippen LogP) is 1.32. The Morgan fingerprint density at radius 2 is 2.08 bits per heavy atom. The lowest BCUT2D eigenvalue weighted by Gasteiger charge is -2.30. The molecule has 24 heavy (non-hydrogen) atoms. The number of nitrogens with one attached hydrogen (secondary N) is 2. The lowest BCUT2D eigenvalue weighted by Crippen LogP contribution is -2.45. The van der Waals surface area contributed by atoms with Gasteiger partial charge in [0.05, 0.1) is 17.4 Å².